The molecule has 3 rings (SSSR count). The Morgan fingerprint density at radius 2 is 1.85 bits per heavy atom. The zero-order valence-corrected chi connectivity index (χ0v) is 11.4. The van der Waals surface area contributed by atoms with Crippen LogP contribution in [0.2, 0.25) is 0 Å². The topological polar surface area (TPSA) is 56.2 Å². The molecule has 0 saturated heterocycles. The van der Waals surface area contributed by atoms with Gasteiger partial charge in [0.15, 0.2) is 5.76 Å². The van der Waals surface area contributed by atoms with Crippen molar-refractivity contribution < 1.29 is 9.21 Å². The van der Waals surface area contributed by atoms with Gasteiger partial charge in [-0.05, 0) is 37.1 Å². The number of fused-ring (bicyclic) bond motifs is 1. The normalized spacial score (nSPS) is 10.9. The van der Waals surface area contributed by atoms with Gasteiger partial charge in [0.2, 0.25) is 5.78 Å². The number of furan rings is 1. The van der Waals surface area contributed by atoms with Crippen molar-refractivity contribution in [2.75, 3.05) is 5.73 Å². The number of aryl methyl sites for hydroxylation is 1. The minimum atomic E-state index is -0.134. The number of benzene rings is 2. The predicted molar refractivity (Wildman–Crippen MR) is 80.0 cm³/mol. The van der Waals surface area contributed by atoms with E-state index in [0.717, 1.165) is 22.1 Å². The third-order valence-corrected chi connectivity index (χ3v) is 3.59. The molecule has 1 aromatic heterocycles. The van der Waals surface area contributed by atoms with Gasteiger partial charge >= 0.3 is 0 Å². The van der Waals surface area contributed by atoms with Gasteiger partial charge in [-0.15, -0.1) is 0 Å². The molecule has 0 radical (unpaired) electrons. The van der Waals surface area contributed by atoms with Gasteiger partial charge in [0.1, 0.15) is 5.58 Å². The van der Waals surface area contributed by atoms with Crippen molar-refractivity contribution in [3.8, 4) is 0 Å². The Labute approximate surface area is 117 Å². The van der Waals surface area contributed by atoms with E-state index < -0.39 is 0 Å². The average molecular weight is 265 g/mol. The molecule has 0 spiro atoms. The van der Waals surface area contributed by atoms with Crippen molar-refractivity contribution in [1.29, 1.82) is 0 Å². The molecule has 1 heterocycles. The average Bonchev–Trinajstić information content (AvgIpc) is 2.87. The molecule has 0 aliphatic carbocycles. The SMILES string of the molecule is Cc1c(N)cccc1C(=O)c1cc2cccc(C)c2o1. The minimum absolute atomic E-state index is 0.134. The van der Waals surface area contributed by atoms with Gasteiger partial charge in [-0.1, -0.05) is 30.3 Å². The van der Waals surface area contributed by atoms with E-state index in [1.807, 2.05) is 32.0 Å². The standard InChI is InChI=1S/C17H15NO2/c1-10-5-3-6-12-9-15(20-17(10)12)16(19)13-7-4-8-14(18)11(13)2/h3-9H,18H2,1-2H3. The van der Waals surface area contributed by atoms with Crippen LogP contribution in [0.4, 0.5) is 5.69 Å². The number of carbonyl (C=O) groups excluding carboxylic acids is 1. The lowest BCUT2D eigenvalue weighted by atomic mass is 10.0. The molecule has 100 valence electrons. The number of nitrogens with two attached hydrogens (primary N) is 1. The Morgan fingerprint density at radius 3 is 2.60 bits per heavy atom. The molecule has 0 aliphatic heterocycles. The summed E-state index contributed by atoms with van der Waals surface area (Å²) in [4.78, 5) is 12.6. The van der Waals surface area contributed by atoms with Gasteiger partial charge in [0.05, 0.1) is 0 Å². The largest absolute Gasteiger partial charge is 0.452 e. The predicted octanol–water partition coefficient (Wildman–Crippen LogP) is 3.86. The summed E-state index contributed by atoms with van der Waals surface area (Å²) in [5.41, 5.74) is 9.62. The number of anilines is 1. The van der Waals surface area contributed by atoms with Crippen LogP contribution in [0, 0.1) is 13.8 Å². The van der Waals surface area contributed by atoms with Crippen LogP contribution in [0.25, 0.3) is 11.0 Å². The fourth-order valence-electron chi connectivity index (χ4n) is 2.35. The first kappa shape index (κ1) is 12.5. The van der Waals surface area contributed by atoms with E-state index in [9.17, 15) is 4.79 Å². The zero-order valence-electron chi connectivity index (χ0n) is 11.4. The van der Waals surface area contributed by atoms with Gasteiger partial charge in [-0.25, -0.2) is 0 Å². The summed E-state index contributed by atoms with van der Waals surface area (Å²) in [6, 6.07) is 13.0. The number of nitrogen functional groups attached to an aromatic ring is 1. The van der Waals surface area contributed by atoms with Crippen molar-refractivity contribution >= 4 is 22.4 Å². The molecule has 3 aromatic rings. The van der Waals surface area contributed by atoms with Crippen LogP contribution < -0.4 is 5.73 Å². The Bertz CT molecular complexity index is 815. The molecule has 0 aliphatic rings. The van der Waals surface area contributed by atoms with Gasteiger partial charge in [-0.2, -0.15) is 0 Å². The summed E-state index contributed by atoms with van der Waals surface area (Å²) in [6.07, 6.45) is 0. The van der Waals surface area contributed by atoms with Crippen molar-refractivity contribution in [1.82, 2.24) is 0 Å². The zero-order chi connectivity index (χ0) is 14.3. The fraction of sp³-hybridized carbons (Fsp3) is 0.118. The highest BCUT2D eigenvalue weighted by atomic mass is 16.3. The summed E-state index contributed by atoms with van der Waals surface area (Å²) < 4.78 is 5.72. The number of hydrogen-bond acceptors (Lipinski definition) is 3. The lowest BCUT2D eigenvalue weighted by Crippen LogP contribution is -2.04. The summed E-state index contributed by atoms with van der Waals surface area (Å²) in [7, 11) is 0. The molecule has 20 heavy (non-hydrogen) atoms. The van der Waals surface area contributed by atoms with E-state index >= 15 is 0 Å². The quantitative estimate of drug-likeness (QED) is 0.565. The first-order valence-electron chi connectivity index (χ1n) is 6.47. The van der Waals surface area contributed by atoms with Crippen LogP contribution in [-0.2, 0) is 0 Å². The third kappa shape index (κ3) is 1.88. The maximum atomic E-state index is 12.6. The Balaban J connectivity index is 2.13. The molecule has 0 atom stereocenters. The fourth-order valence-corrected chi connectivity index (χ4v) is 2.35. The van der Waals surface area contributed by atoms with E-state index in [-0.39, 0.29) is 5.78 Å². The maximum Gasteiger partial charge on any atom is 0.228 e. The number of para-hydroxylation sites is 1. The molecule has 0 amide bonds. The Hall–Kier alpha value is -2.55. The van der Waals surface area contributed by atoms with Gasteiger partial charge < -0.3 is 10.2 Å². The summed E-state index contributed by atoms with van der Waals surface area (Å²) in [6.45, 7) is 3.81. The van der Waals surface area contributed by atoms with Crippen molar-refractivity contribution in [2.24, 2.45) is 0 Å². The Morgan fingerprint density at radius 1 is 1.10 bits per heavy atom. The van der Waals surface area contributed by atoms with E-state index in [4.69, 9.17) is 10.2 Å². The second-order valence-corrected chi connectivity index (χ2v) is 4.95. The highest BCUT2D eigenvalue weighted by Gasteiger charge is 2.17. The summed E-state index contributed by atoms with van der Waals surface area (Å²) >= 11 is 0. The molecule has 2 N–H and O–H groups in total. The van der Waals surface area contributed by atoms with Crippen LogP contribution in [0.1, 0.15) is 27.2 Å². The number of carbonyl (C=O) groups is 1. The third-order valence-electron chi connectivity index (χ3n) is 3.59. The molecule has 0 fully saturated rings. The van der Waals surface area contributed by atoms with Crippen LogP contribution in [0.3, 0.4) is 0 Å². The number of rotatable bonds is 2. The molecule has 2 aromatic carbocycles. The molecule has 0 unspecified atom stereocenters. The van der Waals surface area contributed by atoms with Crippen LogP contribution in [-0.4, -0.2) is 5.78 Å². The second-order valence-electron chi connectivity index (χ2n) is 4.95. The highest BCUT2D eigenvalue weighted by molar-refractivity contribution is 6.10. The minimum Gasteiger partial charge on any atom is -0.452 e. The van der Waals surface area contributed by atoms with Crippen LogP contribution in [0.15, 0.2) is 46.9 Å². The molecule has 3 nitrogen and oxygen atoms in total. The van der Waals surface area contributed by atoms with E-state index in [1.165, 1.54) is 0 Å². The van der Waals surface area contributed by atoms with Gasteiger partial charge in [0.25, 0.3) is 0 Å². The number of hydrogen-bond donors (Lipinski definition) is 1. The second kappa shape index (κ2) is 4.53. The molecule has 0 bridgehead atoms. The molecule has 3 heteroatoms. The summed E-state index contributed by atoms with van der Waals surface area (Å²) in [5.74, 6) is 0.216. The van der Waals surface area contributed by atoms with E-state index in [2.05, 4.69) is 0 Å². The first-order chi connectivity index (χ1) is 9.58. The Kier molecular flexibility index (Phi) is 2.83. The van der Waals surface area contributed by atoms with Crippen molar-refractivity contribution in [2.45, 2.75) is 13.8 Å². The van der Waals surface area contributed by atoms with Crippen LogP contribution in [0.5, 0.6) is 0 Å². The monoisotopic (exact) mass is 265 g/mol. The maximum absolute atomic E-state index is 12.6. The van der Waals surface area contributed by atoms with Crippen molar-refractivity contribution in [3.63, 3.8) is 0 Å². The summed E-state index contributed by atoms with van der Waals surface area (Å²) in [5, 5.41) is 0.940. The molecular formula is C17H15NO2. The molecule has 0 saturated carbocycles. The lowest BCUT2D eigenvalue weighted by molar-refractivity contribution is 0.101. The van der Waals surface area contributed by atoms with Gasteiger partial charge in [0, 0.05) is 16.6 Å². The van der Waals surface area contributed by atoms with Crippen molar-refractivity contribution in [3.05, 3.63) is 64.9 Å². The lowest BCUT2D eigenvalue weighted by Gasteiger charge is -2.05. The number of ketones is 1. The van der Waals surface area contributed by atoms with E-state index in [0.29, 0.717) is 17.0 Å². The van der Waals surface area contributed by atoms with E-state index in [1.54, 1.807) is 24.3 Å². The van der Waals surface area contributed by atoms with Crippen LogP contribution >= 0.6 is 0 Å². The van der Waals surface area contributed by atoms with Gasteiger partial charge in [-0.3, -0.25) is 4.79 Å². The molecular weight excluding hydrogens is 250 g/mol. The first-order valence-corrected chi connectivity index (χ1v) is 6.47. The smallest absolute Gasteiger partial charge is 0.228 e. The highest BCUT2D eigenvalue weighted by Crippen LogP contribution is 2.26.